The van der Waals surface area contributed by atoms with Gasteiger partial charge in [-0.25, -0.2) is 5.10 Å². The summed E-state index contributed by atoms with van der Waals surface area (Å²) < 4.78 is 18.2. The molecular weight excluding hydrogens is 400 g/mol. The average molecular weight is 420 g/mol. The van der Waals surface area contributed by atoms with Gasteiger partial charge in [-0.1, -0.05) is 42.5 Å². The zero-order valence-electron chi connectivity index (χ0n) is 16.7. The van der Waals surface area contributed by atoms with Crippen LogP contribution in [0.25, 0.3) is 22.2 Å². The van der Waals surface area contributed by atoms with E-state index in [1.165, 1.54) is 0 Å². The Morgan fingerprint density at radius 3 is 2.37 bits per heavy atom. The minimum Gasteiger partial charge on any atom is -0.493 e. The number of methoxy groups -OCH3 is 3. The molecule has 0 saturated carbocycles. The number of nitrogens with zero attached hydrogens (tertiary/aromatic N) is 3. The Morgan fingerprint density at radius 2 is 1.67 bits per heavy atom. The lowest BCUT2D eigenvalue weighted by Crippen LogP contribution is -1.99. The highest BCUT2D eigenvalue weighted by molar-refractivity contribution is 7.71. The summed E-state index contributed by atoms with van der Waals surface area (Å²) in [4.78, 5) is 0. The van der Waals surface area contributed by atoms with Crippen LogP contribution in [0.4, 0.5) is 0 Å². The van der Waals surface area contributed by atoms with E-state index in [1.807, 2.05) is 24.3 Å². The highest BCUT2D eigenvalue weighted by Gasteiger charge is 2.17. The molecule has 4 rings (SSSR count). The van der Waals surface area contributed by atoms with E-state index in [0.29, 0.717) is 33.4 Å². The molecular formula is C22H20N4O3S. The first-order valence-electron chi connectivity index (χ1n) is 9.16. The third kappa shape index (κ3) is 3.53. The standard InChI is InChI=1S/C22H20N4O3S/c1-27-18-11-16(12-19(28-2)20(18)29-3)21-24-25-22(30)26(21)23-13-15-9-6-8-14-7-4-5-10-17(14)15/h4-13H,1-3H3,(H,25,30). The summed E-state index contributed by atoms with van der Waals surface area (Å²) in [5.74, 6) is 2.06. The predicted octanol–water partition coefficient (Wildman–Crippen LogP) is 4.67. The SMILES string of the molecule is COc1cc(-c2n[nH]c(=S)n2N=Cc2cccc3ccccc23)cc(OC)c1OC. The molecule has 0 amide bonds. The summed E-state index contributed by atoms with van der Waals surface area (Å²) in [5, 5.41) is 14.0. The highest BCUT2D eigenvalue weighted by Crippen LogP contribution is 2.40. The van der Waals surface area contributed by atoms with Crippen LogP contribution >= 0.6 is 12.2 Å². The van der Waals surface area contributed by atoms with Gasteiger partial charge in [0.25, 0.3) is 0 Å². The first kappa shape index (κ1) is 19.7. The van der Waals surface area contributed by atoms with Crippen LogP contribution in [0.1, 0.15) is 5.56 Å². The molecule has 0 bridgehead atoms. The van der Waals surface area contributed by atoms with E-state index in [0.717, 1.165) is 16.3 Å². The van der Waals surface area contributed by atoms with Crippen molar-refractivity contribution in [1.29, 1.82) is 0 Å². The summed E-state index contributed by atoms with van der Waals surface area (Å²) in [6.45, 7) is 0. The Labute approximate surface area is 178 Å². The third-order valence-corrected chi connectivity index (χ3v) is 4.97. The lowest BCUT2D eigenvalue weighted by Gasteiger charge is -2.13. The van der Waals surface area contributed by atoms with E-state index < -0.39 is 0 Å². The second kappa shape index (κ2) is 8.38. The largest absolute Gasteiger partial charge is 0.493 e. The van der Waals surface area contributed by atoms with Gasteiger partial charge < -0.3 is 14.2 Å². The van der Waals surface area contributed by atoms with Crippen LogP contribution in [-0.4, -0.2) is 42.4 Å². The monoisotopic (exact) mass is 420 g/mol. The number of aromatic nitrogens is 3. The van der Waals surface area contributed by atoms with Crippen LogP contribution in [0.5, 0.6) is 17.2 Å². The van der Waals surface area contributed by atoms with Crippen LogP contribution in [0.15, 0.2) is 59.7 Å². The van der Waals surface area contributed by atoms with E-state index >= 15 is 0 Å². The Bertz CT molecular complexity index is 1260. The van der Waals surface area contributed by atoms with E-state index in [4.69, 9.17) is 26.4 Å². The van der Waals surface area contributed by atoms with Gasteiger partial charge in [-0.15, -0.1) is 0 Å². The van der Waals surface area contributed by atoms with Crippen LogP contribution < -0.4 is 14.2 Å². The summed E-state index contributed by atoms with van der Waals surface area (Å²) in [7, 11) is 4.69. The number of nitrogens with one attached hydrogen (secondary N) is 1. The number of hydrogen-bond acceptors (Lipinski definition) is 6. The summed E-state index contributed by atoms with van der Waals surface area (Å²) in [5.41, 5.74) is 1.69. The first-order chi connectivity index (χ1) is 14.7. The number of benzene rings is 3. The molecule has 1 aromatic heterocycles. The molecule has 0 spiro atoms. The quantitative estimate of drug-likeness (QED) is 0.362. The van der Waals surface area contributed by atoms with Gasteiger partial charge in [0.1, 0.15) is 0 Å². The Balaban J connectivity index is 1.81. The van der Waals surface area contributed by atoms with Gasteiger partial charge in [-0.3, -0.25) is 0 Å². The Morgan fingerprint density at radius 1 is 0.967 bits per heavy atom. The molecule has 0 radical (unpaired) electrons. The summed E-state index contributed by atoms with van der Waals surface area (Å²) in [6.07, 6.45) is 1.77. The molecule has 1 heterocycles. The lowest BCUT2D eigenvalue weighted by molar-refractivity contribution is 0.324. The van der Waals surface area contributed by atoms with E-state index in [2.05, 4.69) is 33.5 Å². The second-order valence-corrected chi connectivity index (χ2v) is 6.78. The number of rotatable bonds is 6. The Kier molecular flexibility index (Phi) is 5.49. The van der Waals surface area contributed by atoms with Crippen molar-refractivity contribution in [2.75, 3.05) is 21.3 Å². The van der Waals surface area contributed by atoms with Crippen molar-refractivity contribution in [3.8, 4) is 28.6 Å². The number of fused-ring (bicyclic) bond motifs is 1. The summed E-state index contributed by atoms with van der Waals surface area (Å²) >= 11 is 5.40. The molecule has 8 heteroatoms. The zero-order chi connectivity index (χ0) is 21.1. The minimum absolute atomic E-state index is 0.371. The molecule has 4 aromatic rings. The van der Waals surface area contributed by atoms with Crippen molar-refractivity contribution in [3.05, 3.63) is 64.9 Å². The topological polar surface area (TPSA) is 73.7 Å². The average Bonchev–Trinajstić information content (AvgIpc) is 3.16. The van der Waals surface area contributed by atoms with E-state index in [1.54, 1.807) is 44.4 Å². The van der Waals surface area contributed by atoms with Gasteiger partial charge in [0.05, 0.1) is 27.5 Å². The third-order valence-electron chi connectivity index (χ3n) is 4.71. The maximum Gasteiger partial charge on any atom is 0.216 e. The number of hydrogen-bond donors (Lipinski definition) is 1. The van der Waals surface area contributed by atoms with Crippen molar-refractivity contribution in [2.24, 2.45) is 5.10 Å². The number of ether oxygens (including phenoxy) is 3. The molecule has 1 N–H and O–H groups in total. The molecule has 152 valence electrons. The molecule has 0 aliphatic carbocycles. The molecule has 0 aliphatic heterocycles. The number of aromatic amines is 1. The van der Waals surface area contributed by atoms with Crippen molar-refractivity contribution >= 4 is 29.2 Å². The molecule has 3 aromatic carbocycles. The van der Waals surface area contributed by atoms with Crippen molar-refractivity contribution in [3.63, 3.8) is 0 Å². The zero-order valence-corrected chi connectivity index (χ0v) is 17.6. The van der Waals surface area contributed by atoms with Gasteiger partial charge in [0.15, 0.2) is 17.3 Å². The summed E-state index contributed by atoms with van der Waals surface area (Å²) in [6, 6.07) is 17.8. The highest BCUT2D eigenvalue weighted by atomic mass is 32.1. The lowest BCUT2D eigenvalue weighted by atomic mass is 10.1. The minimum atomic E-state index is 0.371. The van der Waals surface area contributed by atoms with Crippen LogP contribution in [-0.2, 0) is 0 Å². The fourth-order valence-electron chi connectivity index (χ4n) is 3.28. The smallest absolute Gasteiger partial charge is 0.216 e. The van der Waals surface area contributed by atoms with E-state index in [9.17, 15) is 0 Å². The normalized spacial score (nSPS) is 11.2. The fraction of sp³-hybridized carbons (Fsp3) is 0.136. The van der Waals surface area contributed by atoms with Gasteiger partial charge in [-0.2, -0.15) is 14.9 Å². The van der Waals surface area contributed by atoms with Crippen molar-refractivity contribution in [2.45, 2.75) is 0 Å². The van der Waals surface area contributed by atoms with Crippen LogP contribution in [0.3, 0.4) is 0 Å². The van der Waals surface area contributed by atoms with E-state index in [-0.39, 0.29) is 0 Å². The van der Waals surface area contributed by atoms with Crippen molar-refractivity contribution < 1.29 is 14.2 Å². The molecule has 0 aliphatic rings. The van der Waals surface area contributed by atoms with Crippen LogP contribution in [0.2, 0.25) is 0 Å². The molecule has 7 nitrogen and oxygen atoms in total. The molecule has 0 unspecified atom stereocenters. The molecule has 30 heavy (non-hydrogen) atoms. The molecule has 0 fully saturated rings. The van der Waals surface area contributed by atoms with Crippen molar-refractivity contribution in [1.82, 2.24) is 14.9 Å². The molecule has 0 saturated heterocycles. The fourth-order valence-corrected chi connectivity index (χ4v) is 3.46. The molecule has 0 atom stereocenters. The first-order valence-corrected chi connectivity index (χ1v) is 9.57. The van der Waals surface area contributed by atoms with Gasteiger partial charge in [0.2, 0.25) is 10.5 Å². The van der Waals surface area contributed by atoms with Gasteiger partial charge in [0, 0.05) is 11.1 Å². The number of H-pyrrole nitrogens is 1. The van der Waals surface area contributed by atoms with Crippen LogP contribution in [0, 0.1) is 4.77 Å². The Hall–Kier alpha value is -3.65. The van der Waals surface area contributed by atoms with Gasteiger partial charge in [-0.05, 0) is 35.1 Å². The second-order valence-electron chi connectivity index (χ2n) is 6.39. The maximum atomic E-state index is 5.45. The van der Waals surface area contributed by atoms with Gasteiger partial charge >= 0.3 is 0 Å². The maximum absolute atomic E-state index is 5.45. The predicted molar refractivity (Wildman–Crippen MR) is 119 cm³/mol.